The zero-order valence-electron chi connectivity index (χ0n) is 15.8. The van der Waals surface area contributed by atoms with E-state index in [1.807, 2.05) is 48.5 Å². The van der Waals surface area contributed by atoms with E-state index in [1.54, 1.807) is 12.2 Å². The maximum Gasteiger partial charge on any atom is 0.101 e. The number of nitrogens with two attached hydrogens (primary N) is 2. The minimum atomic E-state index is 0.249. The Morgan fingerprint density at radius 1 is 1.04 bits per heavy atom. The third-order valence-corrected chi connectivity index (χ3v) is 5.00. The lowest BCUT2D eigenvalue weighted by molar-refractivity contribution is 0.569. The summed E-state index contributed by atoms with van der Waals surface area (Å²) in [5.74, 6) is 0.525. The molecule has 0 heterocycles. The second kappa shape index (κ2) is 8.04. The molecule has 0 atom stereocenters. The summed E-state index contributed by atoms with van der Waals surface area (Å²) in [6, 6.07) is 17.9. The Hall–Kier alpha value is -3.14. The van der Waals surface area contributed by atoms with Crippen LogP contribution >= 0.6 is 0 Å². The van der Waals surface area contributed by atoms with Gasteiger partial charge in [-0.25, -0.2) is 0 Å². The molecule has 0 bridgehead atoms. The first kappa shape index (κ1) is 18.6. The maximum atomic E-state index is 6.10. The summed E-state index contributed by atoms with van der Waals surface area (Å²) in [5.41, 5.74) is 17.0. The fourth-order valence-corrected chi connectivity index (χ4v) is 3.01. The minimum Gasteiger partial charge on any atom is -0.398 e. The van der Waals surface area contributed by atoms with Crippen molar-refractivity contribution in [3.63, 3.8) is 0 Å². The Labute approximate surface area is 161 Å². The Bertz CT molecular complexity index is 861. The van der Waals surface area contributed by atoms with Crippen LogP contribution in [0.25, 0.3) is 11.4 Å². The SMILES string of the molecule is C=C(NC1(CC)CC1)c1cccc(N/C(N)=C/C=C(\N)c2ccccc2)c1. The van der Waals surface area contributed by atoms with Crippen LogP contribution in [0.3, 0.4) is 0 Å². The average Bonchev–Trinajstić information content (AvgIpc) is 3.47. The molecule has 2 aromatic carbocycles. The molecule has 0 radical (unpaired) electrons. The van der Waals surface area contributed by atoms with E-state index >= 15 is 0 Å². The molecule has 0 spiro atoms. The summed E-state index contributed by atoms with van der Waals surface area (Å²) in [6.07, 6.45) is 7.13. The van der Waals surface area contributed by atoms with Crippen molar-refractivity contribution < 1.29 is 0 Å². The summed E-state index contributed by atoms with van der Waals surface area (Å²) in [6.45, 7) is 6.41. The van der Waals surface area contributed by atoms with Crippen LogP contribution in [0.2, 0.25) is 0 Å². The van der Waals surface area contributed by atoms with E-state index < -0.39 is 0 Å². The standard InChI is InChI=1S/C23H28N4/c1-3-23(14-15-23)27-17(2)19-10-7-11-20(16-19)26-22(25)13-12-21(24)18-8-5-4-6-9-18/h4-13,16,26-27H,2-3,14-15,24-25H2,1H3/b21-12-,22-13+. The van der Waals surface area contributed by atoms with Gasteiger partial charge >= 0.3 is 0 Å². The number of rotatable bonds is 8. The van der Waals surface area contributed by atoms with Crippen LogP contribution in [0.15, 0.2) is 79.1 Å². The third kappa shape index (κ3) is 4.94. The van der Waals surface area contributed by atoms with Crippen molar-refractivity contribution in [3.8, 4) is 0 Å². The molecule has 0 unspecified atom stereocenters. The van der Waals surface area contributed by atoms with Gasteiger partial charge in [0, 0.05) is 22.6 Å². The van der Waals surface area contributed by atoms with Crippen molar-refractivity contribution in [2.45, 2.75) is 31.7 Å². The van der Waals surface area contributed by atoms with Crippen molar-refractivity contribution in [2.24, 2.45) is 11.5 Å². The van der Waals surface area contributed by atoms with E-state index in [9.17, 15) is 0 Å². The Morgan fingerprint density at radius 3 is 2.41 bits per heavy atom. The van der Waals surface area contributed by atoms with Crippen molar-refractivity contribution in [1.82, 2.24) is 5.32 Å². The summed E-state index contributed by atoms with van der Waals surface area (Å²) in [7, 11) is 0. The normalized spacial score (nSPS) is 15.9. The molecular weight excluding hydrogens is 332 g/mol. The zero-order chi connectivity index (χ0) is 19.3. The van der Waals surface area contributed by atoms with Gasteiger partial charge in [0.25, 0.3) is 0 Å². The van der Waals surface area contributed by atoms with E-state index in [2.05, 4.69) is 30.2 Å². The Kier molecular flexibility index (Phi) is 5.55. The number of hydrogen-bond acceptors (Lipinski definition) is 4. The monoisotopic (exact) mass is 360 g/mol. The van der Waals surface area contributed by atoms with Gasteiger partial charge in [0.2, 0.25) is 0 Å². The number of hydrogen-bond donors (Lipinski definition) is 4. The molecule has 0 amide bonds. The fourth-order valence-electron chi connectivity index (χ4n) is 3.01. The van der Waals surface area contributed by atoms with E-state index in [0.717, 1.165) is 28.9 Å². The van der Waals surface area contributed by atoms with E-state index in [-0.39, 0.29) is 5.54 Å². The molecule has 6 N–H and O–H groups in total. The van der Waals surface area contributed by atoms with Gasteiger partial charge in [-0.1, -0.05) is 56.0 Å². The van der Waals surface area contributed by atoms with Crippen LogP contribution in [-0.2, 0) is 0 Å². The average molecular weight is 361 g/mol. The predicted octanol–water partition coefficient (Wildman–Crippen LogP) is 4.40. The van der Waals surface area contributed by atoms with Gasteiger partial charge in [-0.15, -0.1) is 0 Å². The molecule has 27 heavy (non-hydrogen) atoms. The second-order valence-corrected chi connectivity index (χ2v) is 7.05. The molecule has 0 aromatic heterocycles. The molecule has 3 rings (SSSR count). The molecule has 140 valence electrons. The molecule has 0 saturated heterocycles. The smallest absolute Gasteiger partial charge is 0.101 e. The molecule has 4 nitrogen and oxygen atoms in total. The Morgan fingerprint density at radius 2 is 1.74 bits per heavy atom. The van der Waals surface area contributed by atoms with E-state index in [0.29, 0.717) is 11.5 Å². The van der Waals surface area contributed by atoms with Gasteiger partial charge in [-0.05, 0) is 54.7 Å². The second-order valence-electron chi connectivity index (χ2n) is 7.05. The van der Waals surface area contributed by atoms with Gasteiger partial charge in [0.05, 0.1) is 0 Å². The lowest BCUT2D eigenvalue weighted by Gasteiger charge is -2.19. The van der Waals surface area contributed by atoms with Crippen molar-refractivity contribution in [3.05, 3.63) is 90.3 Å². The fraction of sp³-hybridized carbons (Fsp3) is 0.217. The van der Waals surface area contributed by atoms with Crippen molar-refractivity contribution >= 4 is 17.1 Å². The largest absolute Gasteiger partial charge is 0.398 e. The Balaban J connectivity index is 1.66. The first-order valence-electron chi connectivity index (χ1n) is 9.34. The summed E-state index contributed by atoms with van der Waals surface area (Å²) >= 11 is 0. The number of allylic oxidation sites excluding steroid dienone is 2. The van der Waals surface area contributed by atoms with E-state index in [1.165, 1.54) is 12.8 Å². The van der Waals surface area contributed by atoms with Crippen LogP contribution in [0.1, 0.15) is 37.3 Å². The molecule has 1 aliphatic carbocycles. The first-order chi connectivity index (χ1) is 13.0. The molecule has 0 aliphatic heterocycles. The highest BCUT2D eigenvalue weighted by molar-refractivity contribution is 5.68. The topological polar surface area (TPSA) is 76.1 Å². The highest BCUT2D eigenvalue weighted by atomic mass is 15.0. The molecule has 2 aromatic rings. The van der Waals surface area contributed by atoms with Gasteiger partial charge in [-0.3, -0.25) is 0 Å². The summed E-state index contributed by atoms with van der Waals surface area (Å²) in [5, 5.41) is 6.78. The van der Waals surface area contributed by atoms with Gasteiger partial charge in [0.15, 0.2) is 0 Å². The molecule has 1 saturated carbocycles. The maximum absolute atomic E-state index is 6.10. The lowest BCUT2D eigenvalue weighted by Crippen LogP contribution is -2.28. The zero-order valence-corrected chi connectivity index (χ0v) is 15.8. The lowest BCUT2D eigenvalue weighted by atomic mass is 10.1. The first-order valence-corrected chi connectivity index (χ1v) is 9.34. The van der Waals surface area contributed by atoms with Gasteiger partial charge in [0.1, 0.15) is 5.82 Å². The summed E-state index contributed by atoms with van der Waals surface area (Å²) < 4.78 is 0. The molecular formula is C23H28N4. The molecule has 1 aliphatic rings. The minimum absolute atomic E-state index is 0.249. The van der Waals surface area contributed by atoms with E-state index in [4.69, 9.17) is 11.5 Å². The van der Waals surface area contributed by atoms with Crippen molar-refractivity contribution in [1.29, 1.82) is 0 Å². The third-order valence-electron chi connectivity index (χ3n) is 5.00. The van der Waals surface area contributed by atoms with Crippen LogP contribution in [0.4, 0.5) is 5.69 Å². The van der Waals surface area contributed by atoms with Crippen LogP contribution in [0, 0.1) is 0 Å². The van der Waals surface area contributed by atoms with Gasteiger partial charge in [-0.2, -0.15) is 0 Å². The molecule has 1 fully saturated rings. The predicted molar refractivity (Wildman–Crippen MR) is 115 cm³/mol. The van der Waals surface area contributed by atoms with Crippen molar-refractivity contribution in [2.75, 3.05) is 5.32 Å². The van der Waals surface area contributed by atoms with Crippen LogP contribution in [-0.4, -0.2) is 5.54 Å². The van der Waals surface area contributed by atoms with Crippen LogP contribution < -0.4 is 22.1 Å². The quantitative estimate of drug-likeness (QED) is 0.526. The highest BCUT2D eigenvalue weighted by Crippen LogP contribution is 2.40. The highest BCUT2D eigenvalue weighted by Gasteiger charge is 2.40. The number of nitrogens with one attached hydrogen (secondary N) is 2. The van der Waals surface area contributed by atoms with Gasteiger partial charge < -0.3 is 22.1 Å². The molecule has 4 heteroatoms. The summed E-state index contributed by atoms with van der Waals surface area (Å²) in [4.78, 5) is 0. The number of benzene rings is 2. The van der Waals surface area contributed by atoms with Crippen LogP contribution in [0.5, 0.6) is 0 Å². The number of anilines is 1.